The van der Waals surface area contributed by atoms with Gasteiger partial charge in [-0.05, 0) is 122 Å². The van der Waals surface area contributed by atoms with Crippen molar-refractivity contribution in [2.24, 2.45) is 0 Å². The summed E-state index contributed by atoms with van der Waals surface area (Å²) in [6.07, 6.45) is 89.8. The van der Waals surface area contributed by atoms with Crippen molar-refractivity contribution in [3.8, 4) is 0 Å². The molecule has 0 rings (SSSR count). The summed E-state index contributed by atoms with van der Waals surface area (Å²) < 4.78 is 17.0. The Morgan fingerprint density at radius 3 is 0.797 bits per heavy atom. The average molecular weight is 1100 g/mol. The van der Waals surface area contributed by atoms with Gasteiger partial charge in [-0.3, -0.25) is 14.4 Å². The van der Waals surface area contributed by atoms with Crippen LogP contribution in [-0.2, 0) is 28.6 Å². The second kappa shape index (κ2) is 66.8. The highest BCUT2D eigenvalue weighted by atomic mass is 16.6. The van der Waals surface area contributed by atoms with Crippen LogP contribution >= 0.6 is 0 Å². The molecule has 0 amide bonds. The first-order valence-electron chi connectivity index (χ1n) is 33.7. The van der Waals surface area contributed by atoms with E-state index in [1.54, 1.807) is 0 Å². The Hall–Kier alpha value is -3.67. The second-order valence-corrected chi connectivity index (χ2v) is 22.3. The molecule has 6 nitrogen and oxygen atoms in total. The monoisotopic (exact) mass is 1100 g/mol. The Bertz CT molecular complexity index is 1540. The normalized spacial score (nSPS) is 12.7. The van der Waals surface area contributed by atoms with Crippen molar-refractivity contribution in [2.75, 3.05) is 13.2 Å². The summed E-state index contributed by atoms with van der Waals surface area (Å²) in [6.45, 7) is 6.53. The molecule has 0 fully saturated rings. The number of ether oxygens (including phenoxy) is 3. The zero-order valence-corrected chi connectivity index (χ0v) is 52.1. The molecule has 0 aromatic heterocycles. The third-order valence-electron chi connectivity index (χ3n) is 14.5. The lowest BCUT2D eigenvalue weighted by Gasteiger charge is -2.18. The Kier molecular flexibility index (Phi) is 63.7. The molecule has 0 heterocycles. The first-order valence-corrected chi connectivity index (χ1v) is 33.7. The summed E-state index contributed by atoms with van der Waals surface area (Å²) in [6, 6.07) is 0. The van der Waals surface area contributed by atoms with Gasteiger partial charge in [0, 0.05) is 19.3 Å². The molecule has 0 bridgehead atoms. The van der Waals surface area contributed by atoms with Gasteiger partial charge in [0.25, 0.3) is 0 Å². The molecule has 6 heteroatoms. The highest BCUT2D eigenvalue weighted by Crippen LogP contribution is 2.16. The van der Waals surface area contributed by atoms with Crippen molar-refractivity contribution in [1.29, 1.82) is 0 Å². The molecule has 0 aliphatic rings. The van der Waals surface area contributed by atoms with Crippen LogP contribution in [0.25, 0.3) is 0 Å². The SMILES string of the molecule is CC/C=C\C/C=C\C/C=C\C/C=C\C/C=C\CCCCCCCCCCCCCC(=O)OCC(COC(=O)CCCCCCC/C=C\CCCCCCCCC)OC(=O)CCCCCCCCC/C=C\C/C=C\CCCCCC. The predicted molar refractivity (Wildman–Crippen MR) is 344 cm³/mol. The fraction of sp³-hybridized carbons (Fsp3) is 0.740. The van der Waals surface area contributed by atoms with Crippen LogP contribution in [0.2, 0.25) is 0 Å². The topological polar surface area (TPSA) is 78.9 Å². The largest absolute Gasteiger partial charge is 0.462 e. The molecule has 79 heavy (non-hydrogen) atoms. The number of hydrogen-bond acceptors (Lipinski definition) is 6. The van der Waals surface area contributed by atoms with E-state index in [4.69, 9.17) is 14.2 Å². The van der Waals surface area contributed by atoms with E-state index in [1.807, 2.05) is 0 Å². The first-order chi connectivity index (χ1) is 39.0. The van der Waals surface area contributed by atoms with Gasteiger partial charge >= 0.3 is 17.9 Å². The Morgan fingerprint density at radius 1 is 0.266 bits per heavy atom. The van der Waals surface area contributed by atoms with E-state index in [0.717, 1.165) is 109 Å². The number of carbonyl (C=O) groups is 3. The Labute approximate surface area is 489 Å². The molecule has 0 aliphatic heterocycles. The van der Waals surface area contributed by atoms with Gasteiger partial charge in [-0.25, -0.2) is 0 Å². The molecule has 454 valence electrons. The Balaban J connectivity index is 4.34. The maximum atomic E-state index is 12.9. The first kappa shape index (κ1) is 75.3. The van der Waals surface area contributed by atoms with Gasteiger partial charge < -0.3 is 14.2 Å². The van der Waals surface area contributed by atoms with Crippen LogP contribution in [-0.4, -0.2) is 37.2 Å². The zero-order valence-electron chi connectivity index (χ0n) is 52.1. The number of unbranched alkanes of at least 4 members (excludes halogenated alkanes) is 34. The molecule has 0 saturated heterocycles. The molecular weight excluding hydrogens is 973 g/mol. The number of carbonyl (C=O) groups excluding carboxylic acids is 3. The molecule has 1 atom stereocenters. The van der Waals surface area contributed by atoms with Crippen molar-refractivity contribution in [1.82, 2.24) is 0 Å². The van der Waals surface area contributed by atoms with E-state index in [0.29, 0.717) is 19.3 Å². The summed E-state index contributed by atoms with van der Waals surface area (Å²) in [7, 11) is 0. The molecular formula is C73H126O6. The number of rotatable bonds is 61. The molecule has 0 aromatic rings. The van der Waals surface area contributed by atoms with E-state index in [-0.39, 0.29) is 31.1 Å². The summed E-state index contributed by atoms with van der Waals surface area (Å²) in [5, 5.41) is 0. The molecule has 0 N–H and O–H groups in total. The number of hydrogen-bond donors (Lipinski definition) is 0. The van der Waals surface area contributed by atoms with Crippen LogP contribution in [0.3, 0.4) is 0 Å². The van der Waals surface area contributed by atoms with Gasteiger partial charge in [-0.15, -0.1) is 0 Å². The van der Waals surface area contributed by atoms with Crippen LogP contribution in [0.1, 0.15) is 329 Å². The molecule has 0 saturated carbocycles. The van der Waals surface area contributed by atoms with Gasteiger partial charge in [-0.1, -0.05) is 285 Å². The number of esters is 3. The van der Waals surface area contributed by atoms with Crippen LogP contribution < -0.4 is 0 Å². The summed E-state index contributed by atoms with van der Waals surface area (Å²) in [4.78, 5) is 38.4. The highest BCUT2D eigenvalue weighted by Gasteiger charge is 2.19. The van der Waals surface area contributed by atoms with Gasteiger partial charge in [0.1, 0.15) is 13.2 Å². The summed E-state index contributed by atoms with van der Waals surface area (Å²) in [5.41, 5.74) is 0. The maximum absolute atomic E-state index is 12.9. The average Bonchev–Trinajstić information content (AvgIpc) is 3.45. The minimum atomic E-state index is -0.788. The van der Waals surface area contributed by atoms with Crippen LogP contribution in [0.4, 0.5) is 0 Å². The van der Waals surface area contributed by atoms with Gasteiger partial charge in [-0.2, -0.15) is 0 Å². The van der Waals surface area contributed by atoms with Crippen molar-refractivity contribution >= 4 is 17.9 Å². The quantitative estimate of drug-likeness (QED) is 0.0261. The Morgan fingerprint density at radius 2 is 0.494 bits per heavy atom. The second-order valence-electron chi connectivity index (χ2n) is 22.3. The maximum Gasteiger partial charge on any atom is 0.306 e. The zero-order chi connectivity index (χ0) is 57.1. The van der Waals surface area contributed by atoms with Crippen LogP contribution in [0.15, 0.2) is 97.2 Å². The third-order valence-corrected chi connectivity index (χ3v) is 14.5. The molecule has 0 aromatic carbocycles. The fourth-order valence-corrected chi connectivity index (χ4v) is 9.50. The molecule has 0 radical (unpaired) electrons. The lowest BCUT2D eigenvalue weighted by Crippen LogP contribution is -2.30. The minimum absolute atomic E-state index is 0.0836. The van der Waals surface area contributed by atoms with E-state index >= 15 is 0 Å². The van der Waals surface area contributed by atoms with E-state index in [9.17, 15) is 14.4 Å². The van der Waals surface area contributed by atoms with Crippen LogP contribution in [0.5, 0.6) is 0 Å². The van der Waals surface area contributed by atoms with E-state index in [1.165, 1.54) is 180 Å². The standard InChI is InChI=1S/C73H126O6/c1-4-7-10-13-16-19-22-25-28-31-33-34-35-36-37-38-39-40-41-43-45-48-51-54-57-60-63-66-72(75)78-69-70(68-77-71(74)65-62-59-56-53-50-47-44-30-27-24-21-18-15-12-9-6-3)79-73(76)67-64-61-58-55-52-49-46-42-32-29-26-23-20-17-14-11-8-5-2/h7,10,16,19-20,23,25,28-30,32-34,36-37,44,70H,4-6,8-9,11-15,17-18,21-22,24,26-27,31,35,38-43,45-69H2,1-3H3/b10-7-,19-16-,23-20-,28-25-,32-29-,34-33-,37-36-,44-30-. The minimum Gasteiger partial charge on any atom is -0.462 e. The molecule has 0 aliphatic carbocycles. The number of allylic oxidation sites excluding steroid dienone is 16. The molecule has 1 unspecified atom stereocenters. The summed E-state index contributed by atoms with van der Waals surface area (Å²) in [5.74, 6) is -0.889. The lowest BCUT2D eigenvalue weighted by atomic mass is 10.0. The third kappa shape index (κ3) is 65.0. The lowest BCUT2D eigenvalue weighted by molar-refractivity contribution is -0.167. The molecule has 0 spiro atoms. The van der Waals surface area contributed by atoms with Crippen molar-refractivity contribution < 1.29 is 28.6 Å². The van der Waals surface area contributed by atoms with Crippen molar-refractivity contribution in [3.63, 3.8) is 0 Å². The van der Waals surface area contributed by atoms with Gasteiger partial charge in [0.15, 0.2) is 6.10 Å². The van der Waals surface area contributed by atoms with Crippen molar-refractivity contribution in [2.45, 2.75) is 335 Å². The van der Waals surface area contributed by atoms with Gasteiger partial charge in [0.2, 0.25) is 0 Å². The smallest absolute Gasteiger partial charge is 0.306 e. The highest BCUT2D eigenvalue weighted by molar-refractivity contribution is 5.71. The fourth-order valence-electron chi connectivity index (χ4n) is 9.50. The van der Waals surface area contributed by atoms with Gasteiger partial charge in [0.05, 0.1) is 0 Å². The van der Waals surface area contributed by atoms with Crippen molar-refractivity contribution in [3.05, 3.63) is 97.2 Å². The summed E-state index contributed by atoms with van der Waals surface area (Å²) >= 11 is 0. The van der Waals surface area contributed by atoms with Crippen LogP contribution in [0, 0.1) is 0 Å². The van der Waals surface area contributed by atoms with E-state index < -0.39 is 6.10 Å². The predicted octanol–water partition coefficient (Wildman–Crippen LogP) is 23.2. The van der Waals surface area contributed by atoms with E-state index in [2.05, 4.69) is 118 Å².